The van der Waals surface area contributed by atoms with E-state index in [1.54, 1.807) is 31.2 Å². The molecule has 1 heterocycles. The molecule has 180 valence electrons. The third-order valence-corrected chi connectivity index (χ3v) is 5.73. The molecule has 1 aliphatic heterocycles. The van der Waals surface area contributed by atoms with Gasteiger partial charge in [0.1, 0.15) is 0 Å². The second-order valence-electron chi connectivity index (χ2n) is 8.07. The van der Waals surface area contributed by atoms with E-state index in [2.05, 4.69) is 15.5 Å². The Morgan fingerprint density at radius 1 is 0.743 bits per heavy atom. The summed E-state index contributed by atoms with van der Waals surface area (Å²) >= 11 is 0. The summed E-state index contributed by atoms with van der Waals surface area (Å²) in [5, 5.41) is 5.55. The Labute approximate surface area is 204 Å². The number of esters is 1. The summed E-state index contributed by atoms with van der Waals surface area (Å²) in [5.41, 5.74) is 3.41. The van der Waals surface area contributed by atoms with Crippen molar-refractivity contribution in [2.75, 3.05) is 48.3 Å². The van der Waals surface area contributed by atoms with Crippen LogP contribution in [0, 0.1) is 0 Å². The maximum absolute atomic E-state index is 12.6. The molecule has 3 amide bonds. The lowest BCUT2D eigenvalue weighted by Crippen LogP contribution is -2.48. The molecule has 0 unspecified atom stereocenters. The number of benzene rings is 3. The molecule has 1 fully saturated rings. The van der Waals surface area contributed by atoms with Gasteiger partial charge in [0.05, 0.1) is 12.2 Å². The summed E-state index contributed by atoms with van der Waals surface area (Å²) in [5.74, 6) is -0.334. The van der Waals surface area contributed by atoms with Gasteiger partial charge in [0.25, 0.3) is 5.91 Å². The van der Waals surface area contributed by atoms with E-state index >= 15 is 0 Å². The van der Waals surface area contributed by atoms with Crippen molar-refractivity contribution in [2.45, 2.75) is 6.92 Å². The average molecular weight is 473 g/mol. The van der Waals surface area contributed by atoms with Crippen LogP contribution in [0.5, 0.6) is 0 Å². The number of nitrogens with zero attached hydrogens (tertiary/aromatic N) is 2. The van der Waals surface area contributed by atoms with E-state index < -0.39 is 5.97 Å². The van der Waals surface area contributed by atoms with Gasteiger partial charge in [-0.1, -0.05) is 18.2 Å². The quantitative estimate of drug-likeness (QED) is 0.517. The third-order valence-electron chi connectivity index (χ3n) is 5.73. The lowest BCUT2D eigenvalue weighted by molar-refractivity contribution is 0.0526. The van der Waals surface area contributed by atoms with Gasteiger partial charge in [0.15, 0.2) is 0 Å². The molecule has 0 bridgehead atoms. The molecule has 8 heteroatoms. The molecule has 2 N–H and O–H groups in total. The van der Waals surface area contributed by atoms with E-state index in [4.69, 9.17) is 4.74 Å². The molecule has 35 heavy (non-hydrogen) atoms. The summed E-state index contributed by atoms with van der Waals surface area (Å²) < 4.78 is 4.96. The predicted molar refractivity (Wildman–Crippen MR) is 136 cm³/mol. The normalized spacial score (nSPS) is 13.2. The Morgan fingerprint density at radius 2 is 1.31 bits per heavy atom. The molecule has 4 rings (SSSR count). The lowest BCUT2D eigenvalue weighted by Gasteiger charge is -2.36. The molecule has 0 radical (unpaired) electrons. The summed E-state index contributed by atoms with van der Waals surface area (Å²) in [6.07, 6.45) is 0. The maximum Gasteiger partial charge on any atom is 0.338 e. The van der Waals surface area contributed by atoms with Crippen LogP contribution in [0.1, 0.15) is 27.6 Å². The first-order valence-electron chi connectivity index (χ1n) is 11.6. The fraction of sp³-hybridized carbons (Fsp3) is 0.222. The fourth-order valence-corrected chi connectivity index (χ4v) is 3.88. The fourth-order valence-electron chi connectivity index (χ4n) is 3.88. The van der Waals surface area contributed by atoms with Crippen LogP contribution in [0.2, 0.25) is 0 Å². The molecule has 0 spiro atoms. The first-order chi connectivity index (χ1) is 17.0. The first-order valence-corrected chi connectivity index (χ1v) is 11.6. The standard InChI is InChI=1S/C27H28N4O4/c1-2-35-26(33)21-8-10-22(11-9-21)28-27(34)29-23-12-14-24(15-13-23)30-16-18-31(19-17-30)25(32)20-6-4-3-5-7-20/h3-15H,2,16-19H2,1H3,(H2,28,29,34). The summed E-state index contributed by atoms with van der Waals surface area (Å²) in [4.78, 5) is 40.8. The van der Waals surface area contributed by atoms with Crippen molar-refractivity contribution in [1.29, 1.82) is 0 Å². The number of urea groups is 1. The van der Waals surface area contributed by atoms with E-state index in [9.17, 15) is 14.4 Å². The number of ether oxygens (including phenoxy) is 1. The van der Waals surface area contributed by atoms with E-state index in [1.165, 1.54) is 0 Å². The van der Waals surface area contributed by atoms with Crippen LogP contribution >= 0.6 is 0 Å². The zero-order valence-electron chi connectivity index (χ0n) is 19.6. The number of nitrogens with one attached hydrogen (secondary N) is 2. The SMILES string of the molecule is CCOC(=O)c1ccc(NC(=O)Nc2ccc(N3CCN(C(=O)c4ccccc4)CC3)cc2)cc1. The monoisotopic (exact) mass is 472 g/mol. The van der Waals surface area contributed by atoms with Gasteiger partial charge in [-0.15, -0.1) is 0 Å². The molecular weight excluding hydrogens is 444 g/mol. The van der Waals surface area contributed by atoms with Crippen molar-refractivity contribution in [3.05, 3.63) is 90.0 Å². The Bertz CT molecular complexity index is 1160. The van der Waals surface area contributed by atoms with Crippen LogP contribution in [-0.2, 0) is 4.74 Å². The molecule has 0 aromatic heterocycles. The van der Waals surface area contributed by atoms with Gasteiger partial charge in [-0.25, -0.2) is 9.59 Å². The van der Waals surface area contributed by atoms with Crippen LogP contribution in [0.3, 0.4) is 0 Å². The predicted octanol–water partition coefficient (Wildman–Crippen LogP) is 4.47. The molecule has 1 aliphatic rings. The highest BCUT2D eigenvalue weighted by Gasteiger charge is 2.22. The minimum atomic E-state index is -0.396. The zero-order valence-corrected chi connectivity index (χ0v) is 19.6. The average Bonchev–Trinajstić information content (AvgIpc) is 2.90. The lowest BCUT2D eigenvalue weighted by atomic mass is 10.1. The van der Waals surface area contributed by atoms with Crippen LogP contribution in [0.25, 0.3) is 0 Å². The van der Waals surface area contributed by atoms with Gasteiger partial charge in [-0.05, 0) is 67.6 Å². The van der Waals surface area contributed by atoms with Gasteiger partial charge in [-0.3, -0.25) is 4.79 Å². The summed E-state index contributed by atoms with van der Waals surface area (Å²) in [6, 6.07) is 23.1. The Balaban J connectivity index is 1.26. The number of carbonyl (C=O) groups is 3. The topological polar surface area (TPSA) is 91.0 Å². The molecule has 1 saturated heterocycles. The van der Waals surface area contributed by atoms with Gasteiger partial charge in [-0.2, -0.15) is 0 Å². The number of anilines is 3. The summed E-state index contributed by atoms with van der Waals surface area (Å²) in [7, 11) is 0. The third kappa shape index (κ3) is 6.17. The van der Waals surface area contributed by atoms with E-state index in [-0.39, 0.29) is 11.9 Å². The highest BCUT2D eigenvalue weighted by atomic mass is 16.5. The molecule has 3 aromatic carbocycles. The molecule has 8 nitrogen and oxygen atoms in total. The van der Waals surface area contributed by atoms with Crippen LogP contribution < -0.4 is 15.5 Å². The van der Waals surface area contributed by atoms with Crippen molar-refractivity contribution >= 4 is 35.0 Å². The van der Waals surface area contributed by atoms with E-state index in [1.807, 2.05) is 59.5 Å². The molecule has 0 aliphatic carbocycles. The molecular formula is C27H28N4O4. The minimum Gasteiger partial charge on any atom is -0.462 e. The van der Waals surface area contributed by atoms with Crippen molar-refractivity contribution in [3.8, 4) is 0 Å². The number of rotatable bonds is 6. The van der Waals surface area contributed by atoms with Crippen LogP contribution in [0.4, 0.5) is 21.9 Å². The number of hydrogen-bond donors (Lipinski definition) is 2. The molecule has 0 atom stereocenters. The summed E-state index contributed by atoms with van der Waals surface area (Å²) in [6.45, 7) is 4.86. The molecule has 0 saturated carbocycles. The first kappa shape index (κ1) is 23.8. The van der Waals surface area contributed by atoms with Gasteiger partial charge in [0, 0.05) is 48.8 Å². The van der Waals surface area contributed by atoms with Gasteiger partial charge >= 0.3 is 12.0 Å². The number of hydrogen-bond acceptors (Lipinski definition) is 5. The minimum absolute atomic E-state index is 0.0614. The van der Waals surface area contributed by atoms with E-state index in [0.717, 1.165) is 18.8 Å². The van der Waals surface area contributed by atoms with Crippen LogP contribution in [0.15, 0.2) is 78.9 Å². The maximum atomic E-state index is 12.6. The van der Waals surface area contributed by atoms with Crippen molar-refractivity contribution in [3.63, 3.8) is 0 Å². The van der Waals surface area contributed by atoms with E-state index in [0.29, 0.717) is 42.2 Å². The molecule has 3 aromatic rings. The zero-order chi connectivity index (χ0) is 24.6. The van der Waals surface area contributed by atoms with Gasteiger partial charge < -0.3 is 25.2 Å². The number of amides is 3. The largest absolute Gasteiger partial charge is 0.462 e. The Hall–Kier alpha value is -4.33. The van der Waals surface area contributed by atoms with Crippen molar-refractivity contribution < 1.29 is 19.1 Å². The van der Waals surface area contributed by atoms with Crippen molar-refractivity contribution in [1.82, 2.24) is 4.90 Å². The number of piperazine rings is 1. The second kappa shape index (κ2) is 11.2. The smallest absolute Gasteiger partial charge is 0.338 e. The highest BCUT2D eigenvalue weighted by Crippen LogP contribution is 2.21. The highest BCUT2D eigenvalue weighted by molar-refractivity contribution is 6.00. The number of carbonyl (C=O) groups excluding carboxylic acids is 3. The van der Waals surface area contributed by atoms with Crippen molar-refractivity contribution in [2.24, 2.45) is 0 Å². The second-order valence-corrected chi connectivity index (χ2v) is 8.07. The van der Waals surface area contributed by atoms with Crippen LogP contribution in [-0.4, -0.2) is 55.6 Å². The Kier molecular flexibility index (Phi) is 7.62. The van der Waals surface area contributed by atoms with Gasteiger partial charge in [0.2, 0.25) is 0 Å². The Morgan fingerprint density at radius 3 is 1.89 bits per heavy atom.